The highest BCUT2D eigenvalue weighted by Gasteiger charge is 2.25. The average Bonchev–Trinajstić information content (AvgIpc) is 3.11. The van der Waals surface area contributed by atoms with E-state index in [1.807, 2.05) is 13.2 Å². The molecule has 0 saturated carbocycles. The summed E-state index contributed by atoms with van der Waals surface area (Å²) in [6, 6.07) is 4.62. The third-order valence-electron chi connectivity index (χ3n) is 4.68. The van der Waals surface area contributed by atoms with Crippen LogP contribution in [0.15, 0.2) is 28.9 Å². The smallest absolute Gasteiger partial charge is 0.170 e. The first-order valence-corrected chi connectivity index (χ1v) is 8.43. The topological polar surface area (TPSA) is 47.1 Å². The number of halogens is 2. The number of nitrogens with zero attached hydrogens (tertiary/aromatic N) is 4. The Labute approximate surface area is 144 Å². The summed E-state index contributed by atoms with van der Waals surface area (Å²) in [6.07, 6.45) is 3.96. The van der Waals surface area contributed by atoms with Crippen LogP contribution in [-0.2, 0) is 13.6 Å². The Balaban J connectivity index is 1.44. The molecule has 0 spiro atoms. The minimum atomic E-state index is -0.298. The van der Waals surface area contributed by atoms with Crippen LogP contribution < -0.4 is 0 Å². The maximum atomic E-state index is 13.3. The van der Waals surface area contributed by atoms with Gasteiger partial charge >= 0.3 is 0 Å². The Bertz CT molecular complexity index is 867. The largest absolute Gasteiger partial charge is 0.356 e. The van der Waals surface area contributed by atoms with Gasteiger partial charge in [0.2, 0.25) is 0 Å². The average molecular weight is 349 g/mol. The van der Waals surface area contributed by atoms with Crippen molar-refractivity contribution in [1.29, 1.82) is 0 Å². The molecule has 0 aliphatic carbocycles. The molecule has 1 aromatic carbocycles. The molecule has 0 amide bonds. The Morgan fingerprint density at radius 1 is 1.33 bits per heavy atom. The van der Waals surface area contributed by atoms with Gasteiger partial charge in [-0.3, -0.25) is 9.58 Å². The molecule has 1 fully saturated rings. The highest BCUT2D eigenvalue weighted by Crippen LogP contribution is 2.33. The second-order valence-corrected chi connectivity index (χ2v) is 6.74. The number of hydrogen-bond donors (Lipinski definition) is 0. The molecule has 0 atom stereocenters. The van der Waals surface area contributed by atoms with Crippen molar-refractivity contribution in [2.45, 2.75) is 25.3 Å². The summed E-state index contributed by atoms with van der Waals surface area (Å²) < 4.78 is 20.3. The van der Waals surface area contributed by atoms with Crippen molar-refractivity contribution in [3.05, 3.63) is 46.6 Å². The van der Waals surface area contributed by atoms with Gasteiger partial charge in [0.15, 0.2) is 10.7 Å². The molecule has 5 nitrogen and oxygen atoms in total. The number of rotatable bonds is 3. The molecule has 3 aromatic rings. The molecular weight excluding hydrogens is 331 g/mol. The molecule has 3 heterocycles. The lowest BCUT2D eigenvalue weighted by Gasteiger charge is -2.30. The van der Waals surface area contributed by atoms with Crippen LogP contribution in [0.25, 0.3) is 11.0 Å². The van der Waals surface area contributed by atoms with Crippen molar-refractivity contribution in [1.82, 2.24) is 19.8 Å². The van der Waals surface area contributed by atoms with Crippen molar-refractivity contribution in [2.24, 2.45) is 7.05 Å². The molecule has 0 radical (unpaired) electrons. The van der Waals surface area contributed by atoms with E-state index in [1.54, 1.807) is 10.7 Å². The highest BCUT2D eigenvalue weighted by atomic mass is 35.5. The van der Waals surface area contributed by atoms with Gasteiger partial charge in [-0.25, -0.2) is 4.39 Å². The zero-order valence-electron chi connectivity index (χ0n) is 13.4. The van der Waals surface area contributed by atoms with Crippen molar-refractivity contribution in [2.75, 3.05) is 13.1 Å². The van der Waals surface area contributed by atoms with Gasteiger partial charge in [0.05, 0.1) is 5.69 Å². The predicted molar refractivity (Wildman–Crippen MR) is 89.4 cm³/mol. The lowest BCUT2D eigenvalue weighted by Crippen LogP contribution is -2.32. The van der Waals surface area contributed by atoms with Gasteiger partial charge in [0, 0.05) is 42.7 Å². The van der Waals surface area contributed by atoms with Gasteiger partial charge in [0.25, 0.3) is 0 Å². The van der Waals surface area contributed by atoms with Crippen LogP contribution in [0, 0.1) is 5.82 Å². The number of benzene rings is 1. The molecular formula is C17H18ClFN4O. The van der Waals surface area contributed by atoms with E-state index in [9.17, 15) is 4.39 Å². The Morgan fingerprint density at radius 3 is 2.83 bits per heavy atom. The Hall–Kier alpha value is -1.92. The van der Waals surface area contributed by atoms with E-state index >= 15 is 0 Å². The summed E-state index contributed by atoms with van der Waals surface area (Å²) in [6.45, 7) is 2.74. The SMILES string of the molecule is Cn1cc(CN2CCC(c3noc4cc(F)ccc34)CC2)c(Cl)n1. The van der Waals surface area contributed by atoms with Crippen molar-refractivity contribution >= 4 is 22.6 Å². The second-order valence-electron chi connectivity index (χ2n) is 6.38. The first-order chi connectivity index (χ1) is 11.6. The number of aryl methyl sites for hydroxylation is 1. The summed E-state index contributed by atoms with van der Waals surface area (Å²) in [5, 5.41) is 9.86. The number of likely N-dealkylation sites (tertiary alicyclic amines) is 1. The summed E-state index contributed by atoms with van der Waals surface area (Å²) in [5.41, 5.74) is 2.53. The molecule has 1 aliphatic rings. The third-order valence-corrected chi connectivity index (χ3v) is 5.00. The lowest BCUT2D eigenvalue weighted by atomic mass is 9.91. The van der Waals surface area contributed by atoms with Crippen LogP contribution >= 0.6 is 11.6 Å². The van der Waals surface area contributed by atoms with E-state index in [4.69, 9.17) is 16.1 Å². The number of piperidine rings is 1. The highest BCUT2D eigenvalue weighted by molar-refractivity contribution is 6.30. The molecule has 1 aliphatic heterocycles. The zero-order chi connectivity index (χ0) is 16.7. The summed E-state index contributed by atoms with van der Waals surface area (Å²) in [4.78, 5) is 2.38. The molecule has 0 unspecified atom stereocenters. The Kier molecular flexibility index (Phi) is 4.02. The molecule has 7 heteroatoms. The lowest BCUT2D eigenvalue weighted by molar-refractivity contribution is 0.202. The minimum absolute atomic E-state index is 0.298. The standard InChI is InChI=1S/C17H18ClFN4O/c1-22-9-12(17(18)20-22)10-23-6-4-11(5-7-23)16-14-3-2-13(19)8-15(14)24-21-16/h2-3,8-9,11H,4-7,10H2,1H3. The fraction of sp³-hybridized carbons (Fsp3) is 0.412. The molecule has 1 saturated heterocycles. The van der Waals surface area contributed by atoms with Gasteiger partial charge in [-0.2, -0.15) is 5.10 Å². The van der Waals surface area contributed by atoms with Crippen molar-refractivity contribution in [3.8, 4) is 0 Å². The van der Waals surface area contributed by atoms with E-state index in [2.05, 4.69) is 15.2 Å². The van der Waals surface area contributed by atoms with Gasteiger partial charge in [-0.1, -0.05) is 16.8 Å². The van der Waals surface area contributed by atoms with Gasteiger partial charge in [-0.05, 0) is 38.1 Å². The maximum absolute atomic E-state index is 13.3. The fourth-order valence-electron chi connectivity index (χ4n) is 3.45. The quantitative estimate of drug-likeness (QED) is 0.723. The normalized spacial score (nSPS) is 17.0. The van der Waals surface area contributed by atoms with Crippen LogP contribution in [0.2, 0.25) is 5.15 Å². The van der Waals surface area contributed by atoms with Crippen LogP contribution in [0.4, 0.5) is 4.39 Å². The van der Waals surface area contributed by atoms with E-state index in [1.165, 1.54) is 12.1 Å². The molecule has 2 aromatic heterocycles. The first kappa shape index (κ1) is 15.6. The van der Waals surface area contributed by atoms with Crippen LogP contribution in [0.1, 0.15) is 30.0 Å². The van der Waals surface area contributed by atoms with E-state index in [-0.39, 0.29) is 5.82 Å². The first-order valence-electron chi connectivity index (χ1n) is 8.05. The van der Waals surface area contributed by atoms with Gasteiger partial charge < -0.3 is 4.52 Å². The molecule has 126 valence electrons. The van der Waals surface area contributed by atoms with Gasteiger partial charge in [-0.15, -0.1) is 0 Å². The molecule has 24 heavy (non-hydrogen) atoms. The Morgan fingerprint density at radius 2 is 2.12 bits per heavy atom. The third kappa shape index (κ3) is 2.91. The molecule has 0 bridgehead atoms. The fourth-order valence-corrected chi connectivity index (χ4v) is 3.67. The maximum Gasteiger partial charge on any atom is 0.170 e. The number of aromatic nitrogens is 3. The van der Waals surface area contributed by atoms with Crippen LogP contribution in [0.5, 0.6) is 0 Å². The summed E-state index contributed by atoms with van der Waals surface area (Å²) in [5.74, 6) is 0.0469. The monoisotopic (exact) mass is 348 g/mol. The van der Waals surface area contributed by atoms with Crippen LogP contribution in [-0.4, -0.2) is 32.9 Å². The summed E-state index contributed by atoms with van der Waals surface area (Å²) >= 11 is 6.14. The van der Waals surface area contributed by atoms with Crippen molar-refractivity contribution in [3.63, 3.8) is 0 Å². The van der Waals surface area contributed by atoms with E-state index < -0.39 is 0 Å². The van der Waals surface area contributed by atoms with E-state index in [0.717, 1.165) is 49.1 Å². The second kappa shape index (κ2) is 6.18. The van der Waals surface area contributed by atoms with Crippen molar-refractivity contribution < 1.29 is 8.91 Å². The van der Waals surface area contributed by atoms with E-state index in [0.29, 0.717) is 16.7 Å². The summed E-state index contributed by atoms with van der Waals surface area (Å²) in [7, 11) is 1.88. The number of hydrogen-bond acceptors (Lipinski definition) is 4. The number of fused-ring (bicyclic) bond motifs is 1. The van der Waals surface area contributed by atoms with Gasteiger partial charge in [0.1, 0.15) is 5.82 Å². The minimum Gasteiger partial charge on any atom is -0.356 e. The predicted octanol–water partition coefficient (Wildman–Crippen LogP) is 3.73. The zero-order valence-corrected chi connectivity index (χ0v) is 14.1. The molecule has 0 N–H and O–H groups in total. The molecule has 4 rings (SSSR count). The van der Waals surface area contributed by atoms with Crippen LogP contribution in [0.3, 0.4) is 0 Å².